The van der Waals surface area contributed by atoms with Crippen molar-refractivity contribution >= 4 is 50.6 Å². The number of carbonyl (C=O) groups is 1. The summed E-state index contributed by atoms with van der Waals surface area (Å²) in [5.41, 5.74) is 6.22. The molecular weight excluding hydrogens is 512 g/mol. The summed E-state index contributed by atoms with van der Waals surface area (Å²) in [5.74, 6) is 0.698. The minimum atomic E-state index is -0.224. The van der Waals surface area contributed by atoms with Crippen LogP contribution in [0.25, 0.3) is 10.8 Å². The van der Waals surface area contributed by atoms with Crippen molar-refractivity contribution < 1.29 is 9.53 Å². The Hall–Kier alpha value is -3.23. The number of carbonyl (C=O) groups excluding carboxylic acids is 1. The maximum Gasteiger partial charge on any atom is 0.250 e. The van der Waals surface area contributed by atoms with Gasteiger partial charge in [0.1, 0.15) is 12.4 Å². The van der Waals surface area contributed by atoms with Crippen LogP contribution < -0.4 is 10.2 Å². The SMILES string of the molecule is Cc1cc(C)nc(SCC(=O)N/N=C\c2ccc(OCc3ccc4ccccc4c3)c(Br)c2)n1. The number of halogens is 1. The van der Waals surface area contributed by atoms with Crippen LogP contribution in [0.5, 0.6) is 5.75 Å². The highest BCUT2D eigenvalue weighted by molar-refractivity contribution is 9.10. The number of aryl methyl sites for hydroxylation is 2. The van der Waals surface area contributed by atoms with E-state index in [-0.39, 0.29) is 11.7 Å². The van der Waals surface area contributed by atoms with Crippen molar-refractivity contribution in [3.05, 3.63) is 93.7 Å². The van der Waals surface area contributed by atoms with E-state index in [9.17, 15) is 4.79 Å². The van der Waals surface area contributed by atoms with E-state index in [4.69, 9.17) is 4.74 Å². The van der Waals surface area contributed by atoms with Crippen molar-refractivity contribution in [3.8, 4) is 5.75 Å². The molecule has 0 aliphatic rings. The Labute approximate surface area is 211 Å². The van der Waals surface area contributed by atoms with Crippen molar-refractivity contribution in [2.75, 3.05) is 5.75 Å². The lowest BCUT2D eigenvalue weighted by Gasteiger charge is -2.10. The summed E-state index contributed by atoms with van der Waals surface area (Å²) < 4.78 is 6.80. The number of fused-ring (bicyclic) bond motifs is 1. The number of nitrogens with zero attached hydrogens (tertiary/aromatic N) is 3. The molecule has 3 aromatic carbocycles. The molecule has 1 heterocycles. The Morgan fingerprint density at radius 1 is 1.03 bits per heavy atom. The molecule has 4 rings (SSSR count). The summed E-state index contributed by atoms with van der Waals surface area (Å²) >= 11 is 4.83. The summed E-state index contributed by atoms with van der Waals surface area (Å²) in [6.45, 7) is 4.27. The largest absolute Gasteiger partial charge is 0.488 e. The predicted octanol–water partition coefficient (Wildman–Crippen LogP) is 5.83. The standard InChI is InChI=1S/C26H23BrN4O2S/c1-17-11-18(2)30-26(29-17)34-16-25(32)31-28-14-19-8-10-24(23(27)13-19)33-15-20-7-9-21-5-3-4-6-22(21)12-20/h3-14H,15-16H2,1-2H3,(H,31,32)/b28-14-. The minimum Gasteiger partial charge on any atom is -0.488 e. The third kappa shape index (κ3) is 6.65. The lowest BCUT2D eigenvalue weighted by atomic mass is 10.1. The van der Waals surface area contributed by atoms with Crippen LogP contribution in [0.1, 0.15) is 22.5 Å². The second-order valence-electron chi connectivity index (χ2n) is 7.68. The lowest BCUT2D eigenvalue weighted by molar-refractivity contribution is -0.118. The molecule has 8 heteroatoms. The highest BCUT2D eigenvalue weighted by Crippen LogP contribution is 2.27. The Balaban J connectivity index is 1.28. The highest BCUT2D eigenvalue weighted by Gasteiger charge is 2.06. The molecule has 172 valence electrons. The van der Waals surface area contributed by atoms with E-state index in [0.29, 0.717) is 11.8 Å². The predicted molar refractivity (Wildman–Crippen MR) is 140 cm³/mol. The Morgan fingerprint density at radius 2 is 1.79 bits per heavy atom. The number of benzene rings is 3. The number of amides is 1. The van der Waals surface area contributed by atoms with Gasteiger partial charge in [-0.1, -0.05) is 48.2 Å². The summed E-state index contributed by atoms with van der Waals surface area (Å²) in [7, 11) is 0. The van der Waals surface area contributed by atoms with Crippen molar-refractivity contribution in [3.63, 3.8) is 0 Å². The van der Waals surface area contributed by atoms with Gasteiger partial charge >= 0.3 is 0 Å². The normalized spacial score (nSPS) is 11.1. The molecule has 0 spiro atoms. The first kappa shape index (κ1) is 23.9. The summed E-state index contributed by atoms with van der Waals surface area (Å²) in [4.78, 5) is 20.7. The minimum absolute atomic E-state index is 0.186. The van der Waals surface area contributed by atoms with Crippen molar-refractivity contribution in [2.45, 2.75) is 25.6 Å². The van der Waals surface area contributed by atoms with Gasteiger partial charge in [-0.3, -0.25) is 4.79 Å². The summed E-state index contributed by atoms with van der Waals surface area (Å²) in [6, 6.07) is 22.1. The van der Waals surface area contributed by atoms with E-state index in [1.807, 2.05) is 50.2 Å². The van der Waals surface area contributed by atoms with Crippen LogP contribution in [0, 0.1) is 13.8 Å². The molecule has 0 radical (unpaired) electrons. The van der Waals surface area contributed by atoms with Crippen LogP contribution in [-0.4, -0.2) is 27.8 Å². The number of aromatic nitrogens is 2. The van der Waals surface area contributed by atoms with E-state index in [1.54, 1.807) is 6.21 Å². The molecule has 1 amide bonds. The highest BCUT2D eigenvalue weighted by atomic mass is 79.9. The van der Waals surface area contributed by atoms with Gasteiger partial charge in [-0.25, -0.2) is 15.4 Å². The van der Waals surface area contributed by atoms with E-state index in [0.717, 1.165) is 32.7 Å². The maximum atomic E-state index is 12.1. The van der Waals surface area contributed by atoms with Gasteiger partial charge in [-0.15, -0.1) is 0 Å². The van der Waals surface area contributed by atoms with Crippen molar-refractivity contribution in [1.29, 1.82) is 0 Å². The molecule has 0 atom stereocenters. The molecule has 0 aliphatic heterocycles. The van der Waals surface area contributed by atoms with Crippen LogP contribution in [0.2, 0.25) is 0 Å². The van der Waals surface area contributed by atoms with Gasteiger partial charge in [0.25, 0.3) is 5.91 Å². The quantitative estimate of drug-likeness (QED) is 0.133. The van der Waals surface area contributed by atoms with E-state index < -0.39 is 0 Å². The molecule has 6 nitrogen and oxygen atoms in total. The number of ether oxygens (including phenoxy) is 1. The number of nitrogens with one attached hydrogen (secondary N) is 1. The fraction of sp³-hybridized carbons (Fsp3) is 0.154. The van der Waals surface area contributed by atoms with Gasteiger partial charge < -0.3 is 4.74 Å². The zero-order valence-electron chi connectivity index (χ0n) is 18.8. The molecule has 0 bridgehead atoms. The van der Waals surface area contributed by atoms with Gasteiger partial charge in [-0.2, -0.15) is 5.10 Å². The molecule has 0 fully saturated rings. The second-order valence-corrected chi connectivity index (χ2v) is 9.47. The molecular formula is C26H23BrN4O2S. The number of hydrazone groups is 1. The zero-order valence-corrected chi connectivity index (χ0v) is 21.2. The average Bonchev–Trinajstić information content (AvgIpc) is 2.81. The van der Waals surface area contributed by atoms with E-state index in [2.05, 4.69) is 66.8 Å². The number of rotatable bonds is 8. The van der Waals surface area contributed by atoms with E-state index >= 15 is 0 Å². The average molecular weight is 535 g/mol. The molecule has 0 saturated heterocycles. The van der Waals surface area contributed by atoms with Gasteiger partial charge in [0, 0.05) is 11.4 Å². The lowest BCUT2D eigenvalue weighted by Crippen LogP contribution is -2.19. The Kier molecular flexibility index (Phi) is 7.92. The fourth-order valence-electron chi connectivity index (χ4n) is 3.30. The van der Waals surface area contributed by atoms with Gasteiger partial charge in [0.2, 0.25) is 0 Å². The van der Waals surface area contributed by atoms with E-state index in [1.165, 1.54) is 22.5 Å². The third-order valence-electron chi connectivity index (χ3n) is 4.86. The zero-order chi connectivity index (χ0) is 23.9. The Morgan fingerprint density at radius 3 is 2.56 bits per heavy atom. The summed E-state index contributed by atoms with van der Waals surface area (Å²) in [5, 5.41) is 7.02. The molecule has 1 N–H and O–H groups in total. The first-order chi connectivity index (χ1) is 16.5. The molecule has 0 unspecified atom stereocenters. The molecule has 0 saturated carbocycles. The molecule has 1 aromatic heterocycles. The van der Waals surface area contributed by atoms with Crippen molar-refractivity contribution in [2.24, 2.45) is 5.10 Å². The van der Waals surface area contributed by atoms with Crippen LogP contribution in [-0.2, 0) is 11.4 Å². The van der Waals surface area contributed by atoms with Crippen LogP contribution in [0.3, 0.4) is 0 Å². The van der Waals surface area contributed by atoms with Gasteiger partial charge in [-0.05, 0) is 82.0 Å². The first-order valence-corrected chi connectivity index (χ1v) is 12.4. The number of hydrogen-bond donors (Lipinski definition) is 1. The second kappa shape index (κ2) is 11.3. The first-order valence-electron chi connectivity index (χ1n) is 10.6. The monoisotopic (exact) mass is 534 g/mol. The third-order valence-corrected chi connectivity index (χ3v) is 6.33. The van der Waals surface area contributed by atoms with Gasteiger partial charge in [0.15, 0.2) is 5.16 Å². The number of thioether (sulfide) groups is 1. The maximum absolute atomic E-state index is 12.1. The van der Waals surface area contributed by atoms with Crippen LogP contribution >= 0.6 is 27.7 Å². The summed E-state index contributed by atoms with van der Waals surface area (Å²) in [6.07, 6.45) is 1.59. The molecule has 0 aliphatic carbocycles. The Bertz CT molecular complexity index is 1340. The molecule has 34 heavy (non-hydrogen) atoms. The fourth-order valence-corrected chi connectivity index (χ4v) is 4.56. The smallest absolute Gasteiger partial charge is 0.250 e. The van der Waals surface area contributed by atoms with Crippen molar-refractivity contribution in [1.82, 2.24) is 15.4 Å². The van der Waals surface area contributed by atoms with Crippen LogP contribution in [0.15, 0.2) is 81.5 Å². The molecule has 4 aromatic rings. The van der Waals surface area contributed by atoms with Crippen LogP contribution in [0.4, 0.5) is 0 Å². The topological polar surface area (TPSA) is 76.5 Å². The van der Waals surface area contributed by atoms with Gasteiger partial charge in [0.05, 0.1) is 16.4 Å². The number of hydrogen-bond acceptors (Lipinski definition) is 6.